The van der Waals surface area contributed by atoms with Gasteiger partial charge in [-0.3, -0.25) is 4.79 Å². The normalized spacial score (nSPS) is 19.0. The molecule has 0 bridgehead atoms. The summed E-state index contributed by atoms with van der Waals surface area (Å²) in [6, 6.07) is 2.96. The number of benzene rings is 1. The van der Waals surface area contributed by atoms with Crippen molar-refractivity contribution in [2.45, 2.75) is 24.3 Å². The van der Waals surface area contributed by atoms with Crippen molar-refractivity contribution >= 4 is 41.6 Å². The molecule has 0 N–H and O–H groups in total. The van der Waals surface area contributed by atoms with Gasteiger partial charge in [0.05, 0.1) is 11.0 Å². The van der Waals surface area contributed by atoms with Crippen molar-refractivity contribution in [3.05, 3.63) is 27.7 Å². The maximum atomic E-state index is 12.5. The number of nitrogens with zero attached hydrogens (tertiary/aromatic N) is 1. The number of hydrogen-bond acceptors (Lipinski definition) is 4. The van der Waals surface area contributed by atoms with Gasteiger partial charge >= 0.3 is 0 Å². The van der Waals surface area contributed by atoms with Gasteiger partial charge < -0.3 is 9.64 Å². The number of likely N-dealkylation sites (tertiary alicyclic amines) is 1. The van der Waals surface area contributed by atoms with E-state index in [4.69, 9.17) is 15.4 Å². The van der Waals surface area contributed by atoms with Crippen molar-refractivity contribution in [1.82, 2.24) is 4.90 Å². The fourth-order valence-electron chi connectivity index (χ4n) is 2.33. The van der Waals surface area contributed by atoms with Crippen LogP contribution in [-0.4, -0.2) is 45.5 Å². The number of amides is 1. The molecule has 1 atom stereocenters. The molecule has 0 spiro atoms. The van der Waals surface area contributed by atoms with Crippen LogP contribution in [0.5, 0.6) is 0 Å². The van der Waals surface area contributed by atoms with Gasteiger partial charge in [-0.05, 0) is 47.0 Å². The van der Waals surface area contributed by atoms with Crippen LogP contribution in [0.4, 0.5) is 0 Å². The number of methoxy groups -OCH3 is 1. The Morgan fingerprint density at radius 3 is 2.67 bits per heavy atom. The highest BCUT2D eigenvalue weighted by Crippen LogP contribution is 2.30. The van der Waals surface area contributed by atoms with E-state index in [2.05, 4.69) is 15.9 Å². The Bertz CT molecular complexity index is 677. The van der Waals surface area contributed by atoms with Crippen molar-refractivity contribution in [3.8, 4) is 0 Å². The molecular weight excluding hydrogens is 382 g/mol. The van der Waals surface area contributed by atoms with E-state index in [1.54, 1.807) is 25.0 Å². The van der Waals surface area contributed by atoms with E-state index in [9.17, 15) is 13.2 Å². The fourth-order valence-corrected chi connectivity index (χ4v) is 4.48. The standard InChI is InChI=1S/C13H15BrClNO4S/c1-8-5-9(6-11(12(8)14)21(15,18)19)13(17)16-4-3-10(7-16)20-2/h5-6,10H,3-4,7H2,1-2H3. The van der Waals surface area contributed by atoms with Crippen LogP contribution in [-0.2, 0) is 13.8 Å². The van der Waals surface area contributed by atoms with Crippen molar-refractivity contribution in [2.24, 2.45) is 0 Å². The van der Waals surface area contributed by atoms with E-state index in [1.807, 2.05) is 0 Å². The Morgan fingerprint density at radius 1 is 1.48 bits per heavy atom. The molecule has 1 fully saturated rings. The molecule has 0 aliphatic carbocycles. The average Bonchev–Trinajstić information content (AvgIpc) is 2.88. The number of hydrogen-bond donors (Lipinski definition) is 0. The molecule has 0 aromatic heterocycles. The lowest BCUT2D eigenvalue weighted by Crippen LogP contribution is -2.30. The summed E-state index contributed by atoms with van der Waals surface area (Å²) in [6.45, 7) is 2.82. The summed E-state index contributed by atoms with van der Waals surface area (Å²) in [6.07, 6.45) is 0.806. The summed E-state index contributed by atoms with van der Waals surface area (Å²) >= 11 is 3.20. The SMILES string of the molecule is COC1CCN(C(=O)c2cc(C)c(Br)c(S(=O)(=O)Cl)c2)C1. The first-order valence-electron chi connectivity index (χ1n) is 6.31. The van der Waals surface area contributed by atoms with Gasteiger partial charge in [0.15, 0.2) is 0 Å². The Kier molecular flexibility index (Phi) is 4.97. The van der Waals surface area contributed by atoms with Crippen molar-refractivity contribution < 1.29 is 17.9 Å². The smallest absolute Gasteiger partial charge is 0.262 e. The maximum Gasteiger partial charge on any atom is 0.262 e. The summed E-state index contributed by atoms with van der Waals surface area (Å²) in [4.78, 5) is 14.0. The third-order valence-electron chi connectivity index (χ3n) is 3.50. The topological polar surface area (TPSA) is 63.7 Å². The molecule has 1 aromatic carbocycles. The minimum absolute atomic E-state index is 0.0294. The predicted octanol–water partition coefficient (Wildman–Crippen LogP) is 2.55. The Hall–Kier alpha value is -0.630. The minimum Gasteiger partial charge on any atom is -0.380 e. The summed E-state index contributed by atoms with van der Waals surface area (Å²) in [5.41, 5.74) is 0.953. The lowest BCUT2D eigenvalue weighted by atomic mass is 10.1. The second-order valence-corrected chi connectivity index (χ2v) is 8.27. The molecule has 8 heteroatoms. The molecular formula is C13H15BrClNO4S. The molecule has 1 aliphatic heterocycles. The first-order valence-corrected chi connectivity index (χ1v) is 9.41. The lowest BCUT2D eigenvalue weighted by Gasteiger charge is -2.17. The molecule has 2 rings (SSSR count). The zero-order valence-corrected chi connectivity index (χ0v) is 14.8. The third-order valence-corrected chi connectivity index (χ3v) is 6.16. The molecule has 21 heavy (non-hydrogen) atoms. The van der Waals surface area contributed by atoms with Gasteiger partial charge in [-0.25, -0.2) is 8.42 Å². The Labute approximate surface area is 136 Å². The second kappa shape index (κ2) is 6.24. The van der Waals surface area contributed by atoms with Gasteiger partial charge in [-0.2, -0.15) is 0 Å². The van der Waals surface area contributed by atoms with Crippen molar-refractivity contribution in [2.75, 3.05) is 20.2 Å². The quantitative estimate of drug-likeness (QED) is 0.737. The van der Waals surface area contributed by atoms with E-state index in [1.165, 1.54) is 6.07 Å². The van der Waals surface area contributed by atoms with Crippen LogP contribution in [0.3, 0.4) is 0 Å². The number of rotatable bonds is 3. The highest BCUT2D eigenvalue weighted by Gasteiger charge is 2.28. The van der Waals surface area contributed by atoms with Gasteiger partial charge in [0.25, 0.3) is 15.0 Å². The molecule has 1 amide bonds. The molecule has 1 aliphatic rings. The molecule has 1 unspecified atom stereocenters. The molecule has 0 radical (unpaired) electrons. The molecule has 116 valence electrons. The highest BCUT2D eigenvalue weighted by atomic mass is 79.9. The van der Waals surface area contributed by atoms with Crippen LogP contribution in [0.15, 0.2) is 21.5 Å². The molecule has 1 saturated heterocycles. The predicted molar refractivity (Wildman–Crippen MR) is 83.2 cm³/mol. The monoisotopic (exact) mass is 395 g/mol. The van der Waals surface area contributed by atoms with E-state index in [0.29, 0.717) is 28.7 Å². The first kappa shape index (κ1) is 16.7. The van der Waals surface area contributed by atoms with E-state index >= 15 is 0 Å². The van der Waals surface area contributed by atoms with Crippen LogP contribution in [0.2, 0.25) is 0 Å². The molecule has 0 saturated carbocycles. The molecule has 1 heterocycles. The van der Waals surface area contributed by atoms with Crippen LogP contribution < -0.4 is 0 Å². The largest absolute Gasteiger partial charge is 0.380 e. The maximum absolute atomic E-state index is 12.5. The molecule has 5 nitrogen and oxygen atoms in total. The zero-order chi connectivity index (χ0) is 15.8. The first-order chi connectivity index (χ1) is 9.74. The Morgan fingerprint density at radius 2 is 2.14 bits per heavy atom. The minimum atomic E-state index is -3.92. The average molecular weight is 397 g/mol. The number of carbonyl (C=O) groups is 1. The Balaban J connectivity index is 2.37. The summed E-state index contributed by atoms with van der Waals surface area (Å²) < 4.78 is 28.8. The van der Waals surface area contributed by atoms with Crippen LogP contribution in [0.1, 0.15) is 22.3 Å². The van der Waals surface area contributed by atoms with E-state index in [0.717, 1.165) is 6.42 Å². The summed E-state index contributed by atoms with van der Waals surface area (Å²) in [5.74, 6) is -0.216. The van der Waals surface area contributed by atoms with Gasteiger partial charge in [-0.1, -0.05) is 0 Å². The van der Waals surface area contributed by atoms with E-state index < -0.39 is 9.05 Å². The lowest BCUT2D eigenvalue weighted by molar-refractivity contribution is 0.0724. The van der Waals surface area contributed by atoms with Gasteiger partial charge in [0, 0.05) is 40.9 Å². The highest BCUT2D eigenvalue weighted by molar-refractivity contribution is 9.10. The summed E-state index contributed by atoms with van der Waals surface area (Å²) in [7, 11) is 3.11. The van der Waals surface area contributed by atoms with Crippen LogP contribution in [0, 0.1) is 6.92 Å². The zero-order valence-electron chi connectivity index (χ0n) is 11.6. The second-order valence-electron chi connectivity index (χ2n) is 4.94. The number of aryl methyl sites for hydroxylation is 1. The van der Waals surface area contributed by atoms with E-state index in [-0.39, 0.29) is 16.9 Å². The molecule has 1 aromatic rings. The van der Waals surface area contributed by atoms with Gasteiger partial charge in [0.1, 0.15) is 0 Å². The summed E-state index contributed by atoms with van der Waals surface area (Å²) in [5, 5.41) is 0. The van der Waals surface area contributed by atoms with Crippen molar-refractivity contribution in [1.29, 1.82) is 0 Å². The fraction of sp³-hybridized carbons (Fsp3) is 0.462. The van der Waals surface area contributed by atoms with Gasteiger partial charge in [-0.15, -0.1) is 0 Å². The third kappa shape index (κ3) is 3.59. The van der Waals surface area contributed by atoms with Crippen molar-refractivity contribution in [3.63, 3.8) is 0 Å². The van der Waals surface area contributed by atoms with Crippen LogP contribution in [0.25, 0.3) is 0 Å². The number of ether oxygens (including phenoxy) is 1. The number of carbonyl (C=O) groups excluding carboxylic acids is 1. The van der Waals surface area contributed by atoms with Crippen LogP contribution >= 0.6 is 26.6 Å². The number of halogens is 2. The van der Waals surface area contributed by atoms with Gasteiger partial charge in [0.2, 0.25) is 0 Å².